The Morgan fingerprint density at radius 1 is 1.00 bits per heavy atom. The molecular weight excluding hydrogens is 490 g/mol. The smallest absolute Gasteiger partial charge is 0.140 e. The number of hydrogen-bond donors (Lipinski definition) is 2. The average Bonchev–Trinajstić information content (AvgIpc) is 3.69. The first-order chi connectivity index (χ1) is 18.6. The van der Waals surface area contributed by atoms with Crippen LogP contribution in [0.3, 0.4) is 0 Å². The predicted molar refractivity (Wildman–Crippen MR) is 154 cm³/mol. The lowest BCUT2D eigenvalue weighted by Crippen LogP contribution is -2.20. The molecule has 7 heterocycles. The van der Waals surface area contributed by atoms with Gasteiger partial charge in [-0.25, -0.2) is 9.97 Å². The molecule has 7 rings (SSSR count). The molecule has 0 radical (unpaired) electrons. The van der Waals surface area contributed by atoms with Crippen molar-refractivity contribution in [1.82, 2.24) is 29.8 Å². The number of aromatic nitrogens is 5. The molecule has 0 saturated carbocycles. The zero-order valence-electron chi connectivity index (χ0n) is 21.5. The van der Waals surface area contributed by atoms with Crippen molar-refractivity contribution in [2.24, 2.45) is 0 Å². The second kappa shape index (κ2) is 9.45. The van der Waals surface area contributed by atoms with Gasteiger partial charge < -0.3 is 10.3 Å². The molecule has 0 aliphatic carbocycles. The molecule has 8 heteroatoms. The van der Waals surface area contributed by atoms with Gasteiger partial charge in [-0.15, -0.1) is 11.3 Å². The van der Waals surface area contributed by atoms with Crippen LogP contribution in [0.1, 0.15) is 41.7 Å². The zero-order chi connectivity index (χ0) is 25.6. The van der Waals surface area contributed by atoms with Gasteiger partial charge in [0, 0.05) is 57.6 Å². The Morgan fingerprint density at radius 3 is 2.71 bits per heavy atom. The Morgan fingerprint density at radius 2 is 1.87 bits per heavy atom. The standard InChI is InChI=1S/C30H29N7S/c1-18-11-22(30-35-26-16-32-15-23(29(26)36-30)27-8-5-19(2)38-27)28-25(33-18)7-6-24(34-28)21-12-20(13-31-14-21)17-37-9-3-4-10-37/h5-8,11-16,18,33H,3-4,9-10,17H2,1-2H3,(H,35,36). The van der Waals surface area contributed by atoms with E-state index in [-0.39, 0.29) is 6.04 Å². The maximum atomic E-state index is 5.14. The molecule has 1 fully saturated rings. The van der Waals surface area contributed by atoms with Gasteiger partial charge >= 0.3 is 0 Å². The van der Waals surface area contributed by atoms with Crippen molar-refractivity contribution in [1.29, 1.82) is 0 Å². The largest absolute Gasteiger partial charge is 0.377 e. The topological polar surface area (TPSA) is 82.6 Å². The third-order valence-corrected chi connectivity index (χ3v) is 8.33. The number of fused-ring (bicyclic) bond motifs is 2. The van der Waals surface area contributed by atoms with Crippen LogP contribution in [-0.2, 0) is 6.54 Å². The Hall–Kier alpha value is -3.88. The van der Waals surface area contributed by atoms with Crippen LogP contribution in [0.5, 0.6) is 0 Å². The summed E-state index contributed by atoms with van der Waals surface area (Å²) in [5, 5.41) is 3.56. The van der Waals surface area contributed by atoms with Gasteiger partial charge in [-0.05, 0) is 81.7 Å². The second-order valence-corrected chi connectivity index (χ2v) is 11.5. The van der Waals surface area contributed by atoms with Gasteiger partial charge in [0.1, 0.15) is 11.3 Å². The van der Waals surface area contributed by atoms with Crippen LogP contribution in [0.15, 0.2) is 61.2 Å². The van der Waals surface area contributed by atoms with E-state index in [1.807, 2.05) is 24.8 Å². The number of aryl methyl sites for hydroxylation is 1. The Labute approximate surface area is 225 Å². The molecule has 5 aromatic rings. The van der Waals surface area contributed by atoms with Crippen molar-refractivity contribution in [2.75, 3.05) is 18.4 Å². The number of rotatable bonds is 5. The summed E-state index contributed by atoms with van der Waals surface area (Å²) in [6.07, 6.45) is 12.4. The fourth-order valence-electron chi connectivity index (χ4n) is 5.48. The van der Waals surface area contributed by atoms with Crippen LogP contribution in [0, 0.1) is 6.92 Å². The Balaban J connectivity index is 1.28. The zero-order valence-corrected chi connectivity index (χ0v) is 22.3. The number of imidazole rings is 1. The van der Waals surface area contributed by atoms with Crippen molar-refractivity contribution in [3.63, 3.8) is 0 Å². The number of nitrogens with zero attached hydrogens (tertiary/aromatic N) is 5. The molecule has 0 bridgehead atoms. The molecule has 1 unspecified atom stereocenters. The fraction of sp³-hybridized carbons (Fsp3) is 0.267. The number of likely N-dealkylation sites (tertiary alicyclic amines) is 1. The van der Waals surface area contributed by atoms with E-state index in [0.29, 0.717) is 0 Å². The van der Waals surface area contributed by atoms with E-state index in [9.17, 15) is 0 Å². The first kappa shape index (κ1) is 23.3. The summed E-state index contributed by atoms with van der Waals surface area (Å²) in [5.74, 6) is 0.808. The van der Waals surface area contributed by atoms with Gasteiger partial charge in [-0.3, -0.25) is 14.9 Å². The van der Waals surface area contributed by atoms with E-state index in [2.05, 4.69) is 75.4 Å². The summed E-state index contributed by atoms with van der Waals surface area (Å²) >= 11 is 1.76. The van der Waals surface area contributed by atoms with Gasteiger partial charge in [0.25, 0.3) is 0 Å². The van der Waals surface area contributed by atoms with Crippen LogP contribution < -0.4 is 5.32 Å². The fourth-order valence-corrected chi connectivity index (χ4v) is 6.36. The molecule has 1 atom stereocenters. The maximum absolute atomic E-state index is 5.14. The Kier molecular flexibility index (Phi) is 5.78. The molecule has 0 aromatic carbocycles. The van der Waals surface area contributed by atoms with E-state index in [1.165, 1.54) is 41.2 Å². The van der Waals surface area contributed by atoms with Gasteiger partial charge in [-0.1, -0.05) is 0 Å². The van der Waals surface area contributed by atoms with Crippen molar-refractivity contribution >= 4 is 33.6 Å². The summed E-state index contributed by atoms with van der Waals surface area (Å²) in [5.41, 5.74) is 8.98. The van der Waals surface area contributed by atoms with E-state index >= 15 is 0 Å². The normalized spacial score (nSPS) is 17.4. The molecule has 1 saturated heterocycles. The lowest BCUT2D eigenvalue weighted by atomic mass is 10.0. The highest BCUT2D eigenvalue weighted by atomic mass is 32.1. The lowest BCUT2D eigenvalue weighted by molar-refractivity contribution is 0.331. The van der Waals surface area contributed by atoms with Gasteiger partial charge in [0.15, 0.2) is 0 Å². The minimum absolute atomic E-state index is 0.154. The molecule has 38 heavy (non-hydrogen) atoms. The van der Waals surface area contributed by atoms with Crippen LogP contribution in [0.25, 0.3) is 38.3 Å². The van der Waals surface area contributed by atoms with Crippen LogP contribution in [0.2, 0.25) is 0 Å². The maximum Gasteiger partial charge on any atom is 0.140 e. The van der Waals surface area contributed by atoms with Gasteiger partial charge in [-0.2, -0.15) is 0 Å². The SMILES string of the molecule is Cc1ccc(-c2cncc3[nH]c(C4=CC(C)Nc5ccc(-c6cncc(CN7CCCC7)c6)nc54)nc23)s1. The third kappa shape index (κ3) is 4.29. The molecule has 0 spiro atoms. The van der Waals surface area contributed by atoms with E-state index in [0.717, 1.165) is 57.2 Å². The summed E-state index contributed by atoms with van der Waals surface area (Å²) < 4.78 is 0. The summed E-state index contributed by atoms with van der Waals surface area (Å²) in [7, 11) is 0. The number of pyridine rings is 3. The average molecular weight is 520 g/mol. The highest BCUT2D eigenvalue weighted by Crippen LogP contribution is 2.37. The van der Waals surface area contributed by atoms with E-state index in [4.69, 9.17) is 9.97 Å². The van der Waals surface area contributed by atoms with Crippen LogP contribution in [0.4, 0.5) is 5.69 Å². The minimum Gasteiger partial charge on any atom is -0.377 e. The second-order valence-electron chi connectivity index (χ2n) is 10.3. The quantitative estimate of drug-likeness (QED) is 0.284. The Bertz CT molecular complexity index is 1680. The first-order valence-electron chi connectivity index (χ1n) is 13.2. The lowest BCUT2D eigenvalue weighted by Gasteiger charge is -2.23. The third-order valence-electron chi connectivity index (χ3n) is 7.30. The molecular formula is C30H29N7S. The predicted octanol–water partition coefficient (Wildman–Crippen LogP) is 6.29. The van der Waals surface area contributed by atoms with E-state index < -0.39 is 0 Å². The molecule has 2 N–H and O–H groups in total. The first-order valence-corrected chi connectivity index (χ1v) is 14.0. The van der Waals surface area contributed by atoms with Crippen molar-refractivity contribution < 1.29 is 0 Å². The number of anilines is 1. The van der Waals surface area contributed by atoms with Crippen molar-refractivity contribution in [3.05, 3.63) is 83.2 Å². The molecule has 2 aliphatic rings. The van der Waals surface area contributed by atoms with Gasteiger partial charge in [0.2, 0.25) is 0 Å². The highest BCUT2D eigenvalue weighted by molar-refractivity contribution is 7.15. The molecule has 7 nitrogen and oxygen atoms in total. The molecule has 2 aliphatic heterocycles. The minimum atomic E-state index is 0.154. The monoisotopic (exact) mass is 519 g/mol. The summed E-state index contributed by atoms with van der Waals surface area (Å²) in [6, 6.07) is 10.9. The molecule has 190 valence electrons. The summed E-state index contributed by atoms with van der Waals surface area (Å²) in [6.45, 7) is 7.54. The number of H-pyrrole nitrogens is 1. The number of thiophene rings is 1. The van der Waals surface area contributed by atoms with Crippen molar-refractivity contribution in [2.45, 2.75) is 39.3 Å². The number of aromatic amines is 1. The van der Waals surface area contributed by atoms with Crippen LogP contribution >= 0.6 is 11.3 Å². The number of hydrogen-bond acceptors (Lipinski definition) is 7. The summed E-state index contributed by atoms with van der Waals surface area (Å²) in [4.78, 5) is 27.7. The van der Waals surface area contributed by atoms with Crippen LogP contribution in [-0.4, -0.2) is 49.0 Å². The number of nitrogens with one attached hydrogen (secondary N) is 2. The van der Waals surface area contributed by atoms with E-state index in [1.54, 1.807) is 11.3 Å². The van der Waals surface area contributed by atoms with Crippen molar-refractivity contribution in [3.8, 4) is 21.7 Å². The highest BCUT2D eigenvalue weighted by Gasteiger charge is 2.23. The molecule has 5 aromatic heterocycles. The molecule has 0 amide bonds. The van der Waals surface area contributed by atoms with Gasteiger partial charge in [0.05, 0.1) is 28.8 Å².